The number of halogens is 1. The number of nitrogens with one attached hydrogen (secondary N) is 1. The molecule has 1 amide bonds. The van der Waals surface area contributed by atoms with Gasteiger partial charge in [0.15, 0.2) is 0 Å². The smallest absolute Gasteiger partial charge is 0.221 e. The van der Waals surface area contributed by atoms with Gasteiger partial charge in [-0.1, -0.05) is 40.2 Å². The zero-order valence-corrected chi connectivity index (χ0v) is 15.8. The molecule has 1 aromatic heterocycles. The molecule has 3 rings (SSSR count). The molecule has 0 fully saturated rings. The number of aromatic nitrogens is 1. The standard InChI is InChI=1S/C20H21BrN2O2/c1-25-19-5-3-2-4-16(19)8-11-22-20(24)10-13-23-12-9-15-6-7-17(21)14-18(15)23/h2-7,9,12,14H,8,10-11,13H2,1H3,(H,22,24). The summed E-state index contributed by atoms with van der Waals surface area (Å²) in [7, 11) is 1.66. The maximum absolute atomic E-state index is 12.1. The number of hydrogen-bond donors (Lipinski definition) is 1. The Morgan fingerprint density at radius 3 is 2.88 bits per heavy atom. The van der Waals surface area contributed by atoms with E-state index in [1.54, 1.807) is 7.11 Å². The Morgan fingerprint density at radius 1 is 1.20 bits per heavy atom. The number of methoxy groups -OCH3 is 1. The zero-order chi connectivity index (χ0) is 17.6. The van der Waals surface area contributed by atoms with E-state index in [9.17, 15) is 4.79 Å². The second kappa shape index (κ2) is 8.21. The van der Waals surface area contributed by atoms with Gasteiger partial charge in [0, 0.05) is 35.7 Å². The fourth-order valence-corrected chi connectivity index (χ4v) is 3.26. The number of amides is 1. The number of carbonyl (C=O) groups excluding carboxylic acids is 1. The van der Waals surface area contributed by atoms with Gasteiger partial charge in [-0.15, -0.1) is 0 Å². The summed E-state index contributed by atoms with van der Waals surface area (Å²) in [5, 5.41) is 4.17. The van der Waals surface area contributed by atoms with Gasteiger partial charge in [-0.2, -0.15) is 0 Å². The van der Waals surface area contributed by atoms with E-state index in [0.717, 1.165) is 27.7 Å². The summed E-state index contributed by atoms with van der Waals surface area (Å²) in [5.41, 5.74) is 2.24. The van der Waals surface area contributed by atoms with Gasteiger partial charge in [-0.3, -0.25) is 4.79 Å². The number of ether oxygens (including phenoxy) is 1. The number of hydrogen-bond acceptors (Lipinski definition) is 2. The lowest BCUT2D eigenvalue weighted by molar-refractivity contribution is -0.121. The normalized spacial score (nSPS) is 10.8. The van der Waals surface area contributed by atoms with Crippen LogP contribution in [0.5, 0.6) is 5.75 Å². The molecule has 0 radical (unpaired) electrons. The molecule has 0 aliphatic heterocycles. The van der Waals surface area contributed by atoms with E-state index in [-0.39, 0.29) is 5.91 Å². The van der Waals surface area contributed by atoms with Gasteiger partial charge in [-0.25, -0.2) is 0 Å². The largest absolute Gasteiger partial charge is 0.496 e. The molecular weight excluding hydrogens is 380 g/mol. The Labute approximate surface area is 155 Å². The minimum Gasteiger partial charge on any atom is -0.496 e. The van der Waals surface area contributed by atoms with Gasteiger partial charge in [0.25, 0.3) is 0 Å². The van der Waals surface area contributed by atoms with Crippen molar-refractivity contribution in [2.24, 2.45) is 0 Å². The molecule has 3 aromatic rings. The van der Waals surface area contributed by atoms with E-state index in [4.69, 9.17) is 4.74 Å². The Balaban J connectivity index is 1.50. The van der Waals surface area contributed by atoms with Gasteiger partial charge < -0.3 is 14.6 Å². The van der Waals surface area contributed by atoms with Crippen molar-refractivity contribution in [2.75, 3.05) is 13.7 Å². The van der Waals surface area contributed by atoms with Gasteiger partial charge in [-0.05, 0) is 41.6 Å². The van der Waals surface area contributed by atoms with Crippen LogP contribution in [0.1, 0.15) is 12.0 Å². The summed E-state index contributed by atoms with van der Waals surface area (Å²) in [6, 6.07) is 16.1. The Kier molecular flexibility index (Phi) is 5.76. The molecule has 1 heterocycles. The van der Waals surface area contributed by atoms with E-state index in [2.05, 4.69) is 44.0 Å². The fourth-order valence-electron chi connectivity index (χ4n) is 2.91. The average molecular weight is 401 g/mol. The van der Waals surface area contributed by atoms with Crippen LogP contribution in [0.15, 0.2) is 59.2 Å². The van der Waals surface area contributed by atoms with Crippen molar-refractivity contribution in [3.63, 3.8) is 0 Å². The Bertz CT molecular complexity index is 873. The van der Waals surface area contributed by atoms with Crippen molar-refractivity contribution in [1.82, 2.24) is 9.88 Å². The SMILES string of the molecule is COc1ccccc1CCNC(=O)CCn1ccc2ccc(Br)cc21. The van der Waals surface area contributed by atoms with Crippen molar-refractivity contribution >= 4 is 32.7 Å². The van der Waals surface area contributed by atoms with Crippen LogP contribution in [0.4, 0.5) is 0 Å². The van der Waals surface area contributed by atoms with Crippen LogP contribution in [0.2, 0.25) is 0 Å². The molecule has 0 bridgehead atoms. The Hall–Kier alpha value is -2.27. The molecule has 0 spiro atoms. The highest BCUT2D eigenvalue weighted by atomic mass is 79.9. The van der Waals surface area contributed by atoms with Gasteiger partial charge in [0.1, 0.15) is 5.75 Å². The molecule has 4 nitrogen and oxygen atoms in total. The van der Waals surface area contributed by atoms with E-state index in [1.165, 1.54) is 5.39 Å². The van der Waals surface area contributed by atoms with Crippen LogP contribution < -0.4 is 10.1 Å². The third-order valence-corrected chi connectivity index (χ3v) is 4.72. The molecule has 0 saturated carbocycles. The molecule has 0 aliphatic carbocycles. The first-order valence-electron chi connectivity index (χ1n) is 8.30. The molecule has 0 aliphatic rings. The highest BCUT2D eigenvalue weighted by Gasteiger charge is 2.06. The number of benzene rings is 2. The lowest BCUT2D eigenvalue weighted by atomic mass is 10.1. The van der Waals surface area contributed by atoms with Crippen LogP contribution in [0, 0.1) is 0 Å². The monoisotopic (exact) mass is 400 g/mol. The van der Waals surface area contributed by atoms with E-state index < -0.39 is 0 Å². The predicted octanol–water partition coefficient (Wildman–Crippen LogP) is 4.16. The van der Waals surface area contributed by atoms with Crippen LogP contribution in [0.25, 0.3) is 10.9 Å². The molecule has 0 atom stereocenters. The predicted molar refractivity (Wildman–Crippen MR) is 104 cm³/mol. The van der Waals surface area contributed by atoms with Crippen molar-refractivity contribution in [3.8, 4) is 5.75 Å². The van der Waals surface area contributed by atoms with E-state index in [0.29, 0.717) is 19.5 Å². The van der Waals surface area contributed by atoms with Crippen LogP contribution >= 0.6 is 15.9 Å². The summed E-state index contributed by atoms with van der Waals surface area (Å²) in [6.07, 6.45) is 3.25. The average Bonchev–Trinajstić information content (AvgIpc) is 3.02. The first-order chi connectivity index (χ1) is 12.2. The summed E-state index contributed by atoms with van der Waals surface area (Å²) >= 11 is 3.50. The summed E-state index contributed by atoms with van der Waals surface area (Å²) in [4.78, 5) is 12.1. The van der Waals surface area contributed by atoms with Crippen molar-refractivity contribution < 1.29 is 9.53 Å². The highest BCUT2D eigenvalue weighted by Crippen LogP contribution is 2.21. The Morgan fingerprint density at radius 2 is 2.04 bits per heavy atom. The number of para-hydroxylation sites is 1. The topological polar surface area (TPSA) is 43.3 Å². The second-order valence-corrected chi connectivity index (χ2v) is 6.79. The summed E-state index contributed by atoms with van der Waals surface area (Å²) in [6.45, 7) is 1.28. The summed E-state index contributed by atoms with van der Waals surface area (Å²) in [5.74, 6) is 0.924. The number of rotatable bonds is 7. The molecule has 25 heavy (non-hydrogen) atoms. The lowest BCUT2D eigenvalue weighted by Crippen LogP contribution is -2.26. The number of aryl methyl sites for hydroxylation is 1. The summed E-state index contributed by atoms with van der Waals surface area (Å²) < 4.78 is 8.48. The fraction of sp³-hybridized carbons (Fsp3) is 0.250. The van der Waals surface area contributed by atoms with Crippen LogP contribution in [-0.4, -0.2) is 24.1 Å². The molecule has 0 saturated heterocycles. The first-order valence-corrected chi connectivity index (χ1v) is 9.09. The molecule has 1 N–H and O–H groups in total. The molecule has 130 valence electrons. The molecule has 0 unspecified atom stereocenters. The van der Waals surface area contributed by atoms with Gasteiger partial charge in [0.2, 0.25) is 5.91 Å². The first kappa shape index (κ1) is 17.5. The minimum atomic E-state index is 0.0618. The van der Waals surface area contributed by atoms with Crippen molar-refractivity contribution in [1.29, 1.82) is 0 Å². The third-order valence-electron chi connectivity index (χ3n) is 4.22. The minimum absolute atomic E-state index is 0.0618. The quantitative estimate of drug-likeness (QED) is 0.646. The zero-order valence-electron chi connectivity index (χ0n) is 14.2. The molecule has 5 heteroatoms. The maximum Gasteiger partial charge on any atom is 0.221 e. The van der Waals surface area contributed by atoms with Crippen LogP contribution in [-0.2, 0) is 17.8 Å². The van der Waals surface area contributed by atoms with Crippen molar-refractivity contribution in [2.45, 2.75) is 19.4 Å². The second-order valence-electron chi connectivity index (χ2n) is 5.87. The number of fused-ring (bicyclic) bond motifs is 1. The molecular formula is C20H21BrN2O2. The molecule has 2 aromatic carbocycles. The van der Waals surface area contributed by atoms with Gasteiger partial charge in [0.05, 0.1) is 7.11 Å². The van der Waals surface area contributed by atoms with E-state index in [1.807, 2.05) is 36.5 Å². The third kappa shape index (κ3) is 4.42. The van der Waals surface area contributed by atoms with Crippen LogP contribution in [0.3, 0.4) is 0 Å². The van der Waals surface area contributed by atoms with E-state index >= 15 is 0 Å². The number of nitrogens with zero attached hydrogens (tertiary/aromatic N) is 1. The van der Waals surface area contributed by atoms with Crippen molar-refractivity contribution in [3.05, 3.63) is 64.8 Å². The maximum atomic E-state index is 12.1. The highest BCUT2D eigenvalue weighted by molar-refractivity contribution is 9.10. The lowest BCUT2D eigenvalue weighted by Gasteiger charge is -2.10. The van der Waals surface area contributed by atoms with Gasteiger partial charge >= 0.3 is 0 Å². The number of carbonyl (C=O) groups is 1.